The molecule has 0 saturated heterocycles. The Morgan fingerprint density at radius 3 is 1.66 bits per heavy atom. The van der Waals surface area contributed by atoms with Gasteiger partial charge in [-0.1, -0.05) is 99.3 Å². The van der Waals surface area contributed by atoms with Crippen LogP contribution in [-0.4, -0.2) is 35.5 Å². The molecule has 0 spiro atoms. The molecule has 6 aromatic rings. The second kappa shape index (κ2) is 12.3. The van der Waals surface area contributed by atoms with E-state index in [0.717, 1.165) is 32.1 Å². The molecule has 3 aliphatic rings. The van der Waals surface area contributed by atoms with Gasteiger partial charge in [-0.3, -0.25) is 29.6 Å². The molecule has 9 rings (SSSR count). The Morgan fingerprint density at radius 2 is 1.09 bits per heavy atom. The molecule has 0 bridgehead atoms. The van der Waals surface area contributed by atoms with Gasteiger partial charge in [0, 0.05) is 23.7 Å². The van der Waals surface area contributed by atoms with Crippen LogP contribution in [0.15, 0.2) is 121 Å². The molecule has 2 aliphatic heterocycles. The van der Waals surface area contributed by atoms with E-state index >= 15 is 8.78 Å². The van der Waals surface area contributed by atoms with Crippen LogP contribution >= 0.6 is 0 Å². The highest BCUT2D eigenvalue weighted by Gasteiger charge is 2.47. The quantitative estimate of drug-likeness (QED) is 0.145. The predicted molar refractivity (Wildman–Crippen MR) is 211 cm³/mol. The molecule has 8 heteroatoms. The minimum atomic E-state index is -1.08. The summed E-state index contributed by atoms with van der Waals surface area (Å²) in [6.07, 6.45) is 0. The number of nitrogens with zero attached hydrogens (tertiary/aromatic N) is 2. The van der Waals surface area contributed by atoms with E-state index in [4.69, 9.17) is 5.41 Å². The summed E-state index contributed by atoms with van der Waals surface area (Å²) in [7, 11) is 1.43. The van der Waals surface area contributed by atoms with Gasteiger partial charge in [-0.15, -0.1) is 0 Å². The number of amides is 3. The van der Waals surface area contributed by atoms with Gasteiger partial charge < -0.3 is 0 Å². The number of nitrogens with one attached hydrogen (secondary N) is 1. The van der Waals surface area contributed by atoms with Crippen LogP contribution in [0.25, 0.3) is 11.1 Å². The molecule has 1 aliphatic carbocycles. The van der Waals surface area contributed by atoms with Crippen molar-refractivity contribution in [3.8, 4) is 23.0 Å². The Hall–Kier alpha value is -6.98. The fourth-order valence-corrected chi connectivity index (χ4v) is 8.46. The number of carbonyl (C=O) groups excluding carboxylic acids is 3. The summed E-state index contributed by atoms with van der Waals surface area (Å²) < 4.78 is 32.9. The number of fused-ring (bicyclic) bond motifs is 5. The molecular formula is C48H33F2N3O3. The molecule has 6 nitrogen and oxygen atoms in total. The number of amidine groups is 1. The molecule has 0 fully saturated rings. The maximum atomic E-state index is 16.8. The van der Waals surface area contributed by atoms with E-state index in [1.54, 1.807) is 48.5 Å². The van der Waals surface area contributed by atoms with Crippen LogP contribution in [0, 0.1) is 28.9 Å². The lowest BCUT2D eigenvalue weighted by Crippen LogP contribution is -2.32. The lowest BCUT2D eigenvalue weighted by molar-refractivity contribution is 0.0692. The van der Waals surface area contributed by atoms with Crippen molar-refractivity contribution < 1.29 is 23.2 Å². The zero-order valence-electron chi connectivity index (χ0n) is 30.9. The van der Waals surface area contributed by atoms with Crippen LogP contribution < -0.4 is 4.90 Å². The first-order chi connectivity index (χ1) is 26.8. The van der Waals surface area contributed by atoms with Gasteiger partial charge in [0.2, 0.25) is 0 Å². The molecule has 6 aromatic carbocycles. The summed E-state index contributed by atoms with van der Waals surface area (Å²) in [5.74, 6) is 3.46. The smallest absolute Gasteiger partial charge is 0.264 e. The van der Waals surface area contributed by atoms with Crippen molar-refractivity contribution in [2.75, 3.05) is 11.9 Å². The number of anilines is 1. The lowest BCUT2D eigenvalue weighted by Gasteiger charge is -2.35. The molecule has 0 unspecified atom stereocenters. The predicted octanol–water partition coefficient (Wildman–Crippen LogP) is 9.24. The van der Waals surface area contributed by atoms with Crippen molar-refractivity contribution in [2.45, 2.75) is 31.6 Å². The van der Waals surface area contributed by atoms with E-state index in [1.807, 2.05) is 81.4 Å². The van der Waals surface area contributed by atoms with Gasteiger partial charge in [-0.25, -0.2) is 8.78 Å². The first-order valence-electron chi connectivity index (χ1n) is 18.2. The number of imide groups is 1. The number of halogens is 2. The minimum absolute atomic E-state index is 0.0844. The van der Waals surface area contributed by atoms with Crippen molar-refractivity contribution in [2.24, 2.45) is 0 Å². The van der Waals surface area contributed by atoms with Crippen LogP contribution in [-0.2, 0) is 10.8 Å². The van der Waals surface area contributed by atoms with Crippen molar-refractivity contribution in [1.29, 1.82) is 5.41 Å². The minimum Gasteiger partial charge on any atom is -0.283 e. The number of rotatable bonds is 3. The molecule has 0 aromatic heterocycles. The van der Waals surface area contributed by atoms with E-state index in [9.17, 15) is 14.4 Å². The van der Waals surface area contributed by atoms with Gasteiger partial charge in [0.15, 0.2) is 0 Å². The molecule has 0 atom stereocenters. The Bertz CT molecular complexity index is 2790. The lowest BCUT2D eigenvalue weighted by atomic mass is 9.67. The van der Waals surface area contributed by atoms with E-state index in [2.05, 4.69) is 11.8 Å². The molecule has 0 radical (unpaired) electrons. The van der Waals surface area contributed by atoms with E-state index in [1.165, 1.54) is 19.2 Å². The average molecular weight is 738 g/mol. The Labute approximate surface area is 322 Å². The van der Waals surface area contributed by atoms with Gasteiger partial charge in [0.05, 0.1) is 27.8 Å². The van der Waals surface area contributed by atoms with E-state index in [0.29, 0.717) is 38.9 Å². The fourth-order valence-electron chi connectivity index (χ4n) is 8.46. The molecule has 56 heavy (non-hydrogen) atoms. The highest BCUT2D eigenvalue weighted by molar-refractivity contribution is 6.35. The molecule has 0 saturated carbocycles. The SMILES string of the molecule is CN1C(=O)c2ccc(C#Cc3ccc4c(c3)C(=N)N(c3ccc(C5(c6ccc(C(C)(C)C)c(F)c6)c6ccccc6-c6ccccc65)cc3F)C4=O)cc2C1=O. The average Bonchev–Trinajstić information content (AvgIpc) is 3.71. The molecule has 272 valence electrons. The number of hydrogen-bond acceptors (Lipinski definition) is 4. The number of carbonyl (C=O) groups is 3. The number of benzene rings is 6. The fraction of sp³-hybridized carbons (Fsp3) is 0.125. The van der Waals surface area contributed by atoms with E-state index < -0.39 is 28.5 Å². The molecule has 2 heterocycles. The third-order valence-corrected chi connectivity index (χ3v) is 11.2. The van der Waals surface area contributed by atoms with Crippen molar-refractivity contribution in [1.82, 2.24) is 4.90 Å². The zero-order valence-corrected chi connectivity index (χ0v) is 30.9. The van der Waals surface area contributed by atoms with Gasteiger partial charge in [0.25, 0.3) is 17.7 Å². The first kappa shape index (κ1) is 34.8. The van der Waals surface area contributed by atoms with Crippen LogP contribution in [0.4, 0.5) is 14.5 Å². The summed E-state index contributed by atoms with van der Waals surface area (Å²) in [4.78, 5) is 40.7. The van der Waals surface area contributed by atoms with Gasteiger partial charge in [0.1, 0.15) is 17.5 Å². The van der Waals surface area contributed by atoms with Crippen molar-refractivity contribution >= 4 is 29.2 Å². The molecular weight excluding hydrogens is 705 g/mol. The van der Waals surface area contributed by atoms with Crippen LogP contribution in [0.2, 0.25) is 0 Å². The Kier molecular flexibility index (Phi) is 7.62. The van der Waals surface area contributed by atoms with Crippen LogP contribution in [0.5, 0.6) is 0 Å². The largest absolute Gasteiger partial charge is 0.283 e. The highest BCUT2D eigenvalue weighted by Crippen LogP contribution is 2.56. The van der Waals surface area contributed by atoms with Gasteiger partial charge in [-0.2, -0.15) is 0 Å². The second-order valence-corrected chi connectivity index (χ2v) is 15.4. The summed E-state index contributed by atoms with van der Waals surface area (Å²) >= 11 is 0. The Morgan fingerprint density at radius 1 is 0.571 bits per heavy atom. The number of hydrogen-bond donors (Lipinski definition) is 1. The maximum absolute atomic E-state index is 16.8. The summed E-state index contributed by atoms with van der Waals surface area (Å²) in [6, 6.07) is 35.4. The monoisotopic (exact) mass is 737 g/mol. The maximum Gasteiger partial charge on any atom is 0.264 e. The Balaban J connectivity index is 1.10. The standard InChI is InChI=1S/C48H33F2N3O3/c1-47(2,3)39-21-17-29(25-40(39)49)48(37-11-7-5-9-31(37)32-10-6-8-12-38(32)48)30-18-22-42(41(50)26-30)53-43(51)35-23-27(15-19-33(35)46(53)56)13-14-28-16-20-34-36(24-28)45(55)52(4)44(34)54/h5-12,15-26,51H,1-4H3. The van der Waals surface area contributed by atoms with Crippen molar-refractivity contribution in [3.05, 3.63) is 194 Å². The second-order valence-electron chi connectivity index (χ2n) is 15.4. The summed E-state index contributed by atoms with van der Waals surface area (Å²) in [5, 5.41) is 9.04. The first-order valence-corrected chi connectivity index (χ1v) is 18.2. The summed E-state index contributed by atoms with van der Waals surface area (Å²) in [6.45, 7) is 5.88. The zero-order chi connectivity index (χ0) is 39.3. The van der Waals surface area contributed by atoms with E-state index in [-0.39, 0.29) is 34.4 Å². The van der Waals surface area contributed by atoms with Crippen LogP contribution in [0.1, 0.15) is 96.4 Å². The normalized spacial score (nSPS) is 15.0. The van der Waals surface area contributed by atoms with Gasteiger partial charge >= 0.3 is 0 Å². The topological polar surface area (TPSA) is 81.5 Å². The molecule has 3 amide bonds. The third kappa shape index (κ3) is 4.94. The van der Waals surface area contributed by atoms with Crippen LogP contribution in [0.3, 0.4) is 0 Å². The molecule has 1 N–H and O–H groups in total. The third-order valence-electron chi connectivity index (χ3n) is 11.2. The summed E-state index contributed by atoms with van der Waals surface area (Å²) in [5.41, 5.74) is 6.03. The van der Waals surface area contributed by atoms with Crippen molar-refractivity contribution in [3.63, 3.8) is 0 Å². The van der Waals surface area contributed by atoms with Gasteiger partial charge in [-0.05, 0) is 99.0 Å². The highest BCUT2D eigenvalue weighted by atomic mass is 19.1.